The van der Waals surface area contributed by atoms with E-state index >= 15 is 0 Å². The molecule has 0 bridgehead atoms. The fourth-order valence-corrected chi connectivity index (χ4v) is 3.41. The molecule has 144 valence electrons. The second-order valence-electron chi connectivity index (χ2n) is 6.89. The number of pyridine rings is 1. The average molecular weight is 369 g/mol. The SMILES string of the molecule is CCN1CCN(C(C)CNc2ccc([N+](=O)[O-])c(-c3ccccc3)n2)CC1. The fraction of sp³-hybridized carbons (Fsp3) is 0.450. The maximum Gasteiger partial charge on any atom is 0.295 e. The Bertz CT molecular complexity index is 760. The van der Waals surface area contributed by atoms with Gasteiger partial charge in [-0.25, -0.2) is 4.98 Å². The van der Waals surface area contributed by atoms with Crippen LogP contribution in [-0.4, -0.2) is 65.0 Å². The van der Waals surface area contributed by atoms with Crippen molar-refractivity contribution in [2.45, 2.75) is 19.9 Å². The Morgan fingerprint density at radius 1 is 1.15 bits per heavy atom. The summed E-state index contributed by atoms with van der Waals surface area (Å²) in [6.45, 7) is 10.6. The zero-order chi connectivity index (χ0) is 19.2. The van der Waals surface area contributed by atoms with Crippen LogP contribution in [0, 0.1) is 10.1 Å². The van der Waals surface area contributed by atoms with Crippen LogP contribution >= 0.6 is 0 Å². The summed E-state index contributed by atoms with van der Waals surface area (Å²) < 4.78 is 0. The number of benzene rings is 1. The first kappa shape index (κ1) is 19.3. The highest BCUT2D eigenvalue weighted by Gasteiger charge is 2.21. The van der Waals surface area contributed by atoms with Gasteiger partial charge in [-0.3, -0.25) is 15.0 Å². The first-order valence-electron chi connectivity index (χ1n) is 9.49. The van der Waals surface area contributed by atoms with E-state index < -0.39 is 0 Å². The molecule has 2 heterocycles. The van der Waals surface area contributed by atoms with Crippen LogP contribution in [0.1, 0.15) is 13.8 Å². The van der Waals surface area contributed by atoms with E-state index in [9.17, 15) is 10.1 Å². The van der Waals surface area contributed by atoms with Gasteiger partial charge in [-0.05, 0) is 19.5 Å². The van der Waals surface area contributed by atoms with Gasteiger partial charge in [-0.1, -0.05) is 37.3 Å². The van der Waals surface area contributed by atoms with E-state index in [4.69, 9.17) is 0 Å². The summed E-state index contributed by atoms with van der Waals surface area (Å²) in [5.74, 6) is 0.665. The molecule has 7 heteroatoms. The van der Waals surface area contributed by atoms with Gasteiger partial charge in [0.1, 0.15) is 5.82 Å². The predicted molar refractivity (Wildman–Crippen MR) is 108 cm³/mol. The second-order valence-corrected chi connectivity index (χ2v) is 6.89. The molecule has 3 rings (SSSR count). The lowest BCUT2D eigenvalue weighted by molar-refractivity contribution is -0.384. The van der Waals surface area contributed by atoms with E-state index in [1.54, 1.807) is 6.07 Å². The highest BCUT2D eigenvalue weighted by atomic mass is 16.6. The molecule has 1 unspecified atom stereocenters. The molecule has 0 spiro atoms. The van der Waals surface area contributed by atoms with Gasteiger partial charge in [0.05, 0.1) is 4.92 Å². The van der Waals surface area contributed by atoms with Gasteiger partial charge in [-0.15, -0.1) is 0 Å². The molecule has 2 aromatic rings. The minimum Gasteiger partial charge on any atom is -0.368 e. The fourth-order valence-electron chi connectivity index (χ4n) is 3.41. The molecule has 7 nitrogen and oxygen atoms in total. The lowest BCUT2D eigenvalue weighted by atomic mass is 10.1. The Hall–Kier alpha value is -2.51. The number of hydrogen-bond donors (Lipinski definition) is 1. The van der Waals surface area contributed by atoms with Gasteiger partial charge in [0.25, 0.3) is 5.69 Å². The van der Waals surface area contributed by atoms with Crippen LogP contribution in [0.5, 0.6) is 0 Å². The van der Waals surface area contributed by atoms with Crippen molar-refractivity contribution in [3.63, 3.8) is 0 Å². The maximum absolute atomic E-state index is 11.4. The van der Waals surface area contributed by atoms with Crippen LogP contribution in [-0.2, 0) is 0 Å². The minimum atomic E-state index is -0.380. The molecule has 0 saturated carbocycles. The van der Waals surface area contributed by atoms with Crippen molar-refractivity contribution in [1.82, 2.24) is 14.8 Å². The highest BCUT2D eigenvalue weighted by molar-refractivity contribution is 5.71. The molecular formula is C20H27N5O2. The van der Waals surface area contributed by atoms with Crippen molar-refractivity contribution in [2.75, 3.05) is 44.6 Å². The number of piperazine rings is 1. The zero-order valence-electron chi connectivity index (χ0n) is 16.0. The highest BCUT2D eigenvalue weighted by Crippen LogP contribution is 2.29. The van der Waals surface area contributed by atoms with E-state index in [0.29, 0.717) is 17.6 Å². The number of nitro groups is 1. The molecule has 0 amide bonds. The Morgan fingerprint density at radius 3 is 2.48 bits per heavy atom. The lowest BCUT2D eigenvalue weighted by Gasteiger charge is -2.37. The molecule has 1 aliphatic rings. The van der Waals surface area contributed by atoms with Crippen LogP contribution < -0.4 is 5.32 Å². The van der Waals surface area contributed by atoms with Crippen molar-refractivity contribution in [2.24, 2.45) is 0 Å². The van der Waals surface area contributed by atoms with Crippen molar-refractivity contribution in [1.29, 1.82) is 0 Å². The topological polar surface area (TPSA) is 74.5 Å². The Labute approximate surface area is 160 Å². The maximum atomic E-state index is 11.4. The Balaban J connectivity index is 1.68. The second kappa shape index (κ2) is 8.92. The van der Waals surface area contributed by atoms with Gasteiger partial charge in [0.15, 0.2) is 5.69 Å². The predicted octanol–water partition coefficient (Wildman–Crippen LogP) is 3.09. The lowest BCUT2D eigenvalue weighted by Crippen LogP contribution is -2.51. The molecule has 1 saturated heterocycles. The standard InChI is InChI=1S/C20H27N5O2/c1-3-23-11-13-24(14-12-23)16(2)15-21-19-10-9-18(25(26)27)20(22-19)17-7-5-4-6-8-17/h4-10,16H,3,11-15H2,1-2H3,(H,21,22). The molecule has 1 fully saturated rings. The van der Waals surface area contributed by atoms with Crippen LogP contribution in [0.4, 0.5) is 11.5 Å². The summed E-state index contributed by atoms with van der Waals surface area (Å²) in [5, 5.41) is 14.7. The number of nitrogens with zero attached hydrogens (tertiary/aromatic N) is 4. The summed E-state index contributed by atoms with van der Waals surface area (Å²) in [6, 6.07) is 12.9. The van der Waals surface area contributed by atoms with Gasteiger partial charge < -0.3 is 10.2 Å². The van der Waals surface area contributed by atoms with Crippen LogP contribution in [0.15, 0.2) is 42.5 Å². The van der Waals surface area contributed by atoms with E-state index in [0.717, 1.165) is 44.8 Å². The Morgan fingerprint density at radius 2 is 1.85 bits per heavy atom. The van der Waals surface area contributed by atoms with Crippen molar-refractivity contribution < 1.29 is 4.92 Å². The normalized spacial score (nSPS) is 16.8. The van der Waals surface area contributed by atoms with E-state index in [-0.39, 0.29) is 10.6 Å². The average Bonchev–Trinajstić information content (AvgIpc) is 2.72. The number of hydrogen-bond acceptors (Lipinski definition) is 6. The number of nitrogens with one attached hydrogen (secondary N) is 1. The van der Waals surface area contributed by atoms with Gasteiger partial charge in [0.2, 0.25) is 0 Å². The van der Waals surface area contributed by atoms with Crippen molar-refractivity contribution in [3.05, 3.63) is 52.6 Å². The minimum absolute atomic E-state index is 0.0236. The number of aromatic nitrogens is 1. The molecule has 1 aliphatic heterocycles. The van der Waals surface area contributed by atoms with E-state index in [1.165, 1.54) is 6.07 Å². The van der Waals surface area contributed by atoms with Gasteiger partial charge in [-0.2, -0.15) is 0 Å². The summed E-state index contributed by atoms with van der Waals surface area (Å²) in [4.78, 5) is 20.4. The molecule has 1 atom stereocenters. The quantitative estimate of drug-likeness (QED) is 0.597. The molecule has 1 aromatic carbocycles. The number of likely N-dealkylation sites (N-methyl/N-ethyl adjacent to an activating group) is 1. The number of rotatable bonds is 7. The van der Waals surface area contributed by atoms with Crippen LogP contribution in [0.25, 0.3) is 11.3 Å². The molecule has 0 aliphatic carbocycles. The van der Waals surface area contributed by atoms with Crippen molar-refractivity contribution in [3.8, 4) is 11.3 Å². The van der Waals surface area contributed by atoms with Crippen molar-refractivity contribution >= 4 is 11.5 Å². The molecule has 1 N–H and O–H groups in total. The largest absolute Gasteiger partial charge is 0.368 e. The summed E-state index contributed by atoms with van der Waals surface area (Å²) in [6.07, 6.45) is 0. The number of anilines is 1. The molecule has 27 heavy (non-hydrogen) atoms. The first-order chi connectivity index (χ1) is 13.1. The first-order valence-corrected chi connectivity index (χ1v) is 9.49. The van der Waals surface area contributed by atoms with Crippen LogP contribution in [0.2, 0.25) is 0 Å². The molecular weight excluding hydrogens is 342 g/mol. The third-order valence-corrected chi connectivity index (χ3v) is 5.17. The summed E-state index contributed by atoms with van der Waals surface area (Å²) >= 11 is 0. The monoisotopic (exact) mass is 369 g/mol. The van der Waals surface area contributed by atoms with E-state index in [1.807, 2.05) is 30.3 Å². The summed E-state index contributed by atoms with van der Waals surface area (Å²) in [7, 11) is 0. The van der Waals surface area contributed by atoms with Gasteiger partial charge >= 0.3 is 0 Å². The Kier molecular flexibility index (Phi) is 6.36. The molecule has 1 aromatic heterocycles. The van der Waals surface area contributed by atoms with Crippen LogP contribution in [0.3, 0.4) is 0 Å². The molecule has 0 radical (unpaired) electrons. The summed E-state index contributed by atoms with van der Waals surface area (Å²) in [5.41, 5.74) is 1.17. The zero-order valence-corrected chi connectivity index (χ0v) is 16.0. The van der Waals surface area contributed by atoms with E-state index in [2.05, 4.69) is 33.9 Å². The third-order valence-electron chi connectivity index (χ3n) is 5.17. The smallest absolute Gasteiger partial charge is 0.295 e. The third kappa shape index (κ3) is 4.81. The van der Waals surface area contributed by atoms with Gasteiger partial charge in [0, 0.05) is 50.4 Å².